The number of benzene rings is 1. The molecule has 1 heterocycles. The molecule has 1 aliphatic heterocycles. The van der Waals surface area contributed by atoms with Crippen molar-refractivity contribution < 1.29 is 0 Å². The van der Waals surface area contributed by atoms with Crippen molar-refractivity contribution in [2.45, 2.75) is 12.5 Å². The van der Waals surface area contributed by atoms with E-state index in [-0.39, 0.29) is 5.84 Å². The van der Waals surface area contributed by atoms with E-state index in [0.29, 0.717) is 6.04 Å². The van der Waals surface area contributed by atoms with Gasteiger partial charge in [0.05, 0.1) is 0 Å². The highest BCUT2D eigenvalue weighted by molar-refractivity contribution is 9.10. The Morgan fingerprint density at radius 1 is 1.50 bits per heavy atom. The quantitative estimate of drug-likeness (QED) is 0.662. The van der Waals surface area contributed by atoms with Gasteiger partial charge < -0.3 is 15.5 Å². The predicted octanol–water partition coefficient (Wildman–Crippen LogP) is 1.87. The third-order valence-electron chi connectivity index (χ3n) is 3.48. The van der Waals surface area contributed by atoms with Crippen molar-refractivity contribution in [1.29, 1.82) is 5.41 Å². The highest BCUT2D eigenvalue weighted by Gasteiger charge is 2.26. The summed E-state index contributed by atoms with van der Waals surface area (Å²) >= 11 is 3.49. The van der Waals surface area contributed by atoms with Crippen LogP contribution in [0.2, 0.25) is 0 Å². The number of hydrogen-bond acceptors (Lipinski definition) is 3. The summed E-state index contributed by atoms with van der Waals surface area (Å²) in [7, 11) is 4.22. The minimum atomic E-state index is 0.130. The van der Waals surface area contributed by atoms with Gasteiger partial charge in [-0.2, -0.15) is 0 Å². The summed E-state index contributed by atoms with van der Waals surface area (Å²) in [6.45, 7) is 2.00. The van der Waals surface area contributed by atoms with Gasteiger partial charge in [-0.3, -0.25) is 5.41 Å². The maximum Gasteiger partial charge on any atom is 0.124 e. The first kappa shape index (κ1) is 13.4. The zero-order chi connectivity index (χ0) is 13.3. The minimum absolute atomic E-state index is 0.130. The summed E-state index contributed by atoms with van der Waals surface area (Å²) in [6, 6.07) is 6.46. The van der Waals surface area contributed by atoms with Crippen molar-refractivity contribution in [3.05, 3.63) is 28.2 Å². The second-order valence-corrected chi connectivity index (χ2v) is 5.84. The highest BCUT2D eigenvalue weighted by Crippen LogP contribution is 2.28. The van der Waals surface area contributed by atoms with Crippen molar-refractivity contribution in [2.24, 2.45) is 5.73 Å². The Bertz CT molecular complexity index is 458. The van der Waals surface area contributed by atoms with Gasteiger partial charge >= 0.3 is 0 Å². The second kappa shape index (κ2) is 5.28. The Kier molecular flexibility index (Phi) is 3.92. The number of hydrogen-bond donors (Lipinski definition) is 2. The Morgan fingerprint density at radius 3 is 2.78 bits per heavy atom. The lowest BCUT2D eigenvalue weighted by molar-refractivity contribution is 0.315. The van der Waals surface area contributed by atoms with Crippen molar-refractivity contribution >= 4 is 27.5 Å². The molecule has 1 atom stereocenters. The molecule has 0 bridgehead atoms. The molecule has 0 aromatic heterocycles. The van der Waals surface area contributed by atoms with E-state index in [1.54, 1.807) is 0 Å². The van der Waals surface area contributed by atoms with Crippen LogP contribution in [0.4, 0.5) is 5.69 Å². The normalized spacial score (nSPS) is 19.6. The van der Waals surface area contributed by atoms with Crippen LogP contribution in [0.5, 0.6) is 0 Å². The van der Waals surface area contributed by atoms with E-state index in [1.807, 2.05) is 12.1 Å². The molecule has 5 heteroatoms. The largest absolute Gasteiger partial charge is 0.384 e. The highest BCUT2D eigenvalue weighted by atomic mass is 79.9. The molecular weight excluding hydrogens is 292 g/mol. The summed E-state index contributed by atoms with van der Waals surface area (Å²) in [5, 5.41) is 7.67. The second-order valence-electron chi connectivity index (χ2n) is 4.93. The van der Waals surface area contributed by atoms with Gasteiger partial charge in [0.1, 0.15) is 5.84 Å². The van der Waals surface area contributed by atoms with Crippen molar-refractivity contribution in [1.82, 2.24) is 4.90 Å². The van der Waals surface area contributed by atoms with E-state index in [2.05, 4.69) is 45.9 Å². The summed E-state index contributed by atoms with van der Waals surface area (Å²) < 4.78 is 1.02. The average Bonchev–Trinajstić information content (AvgIpc) is 2.77. The number of halogens is 1. The van der Waals surface area contributed by atoms with Gasteiger partial charge in [0.2, 0.25) is 0 Å². The van der Waals surface area contributed by atoms with E-state index in [1.165, 1.54) is 0 Å². The first-order chi connectivity index (χ1) is 8.49. The molecule has 0 spiro atoms. The Hall–Kier alpha value is -1.07. The fourth-order valence-corrected chi connectivity index (χ4v) is 2.73. The van der Waals surface area contributed by atoms with Gasteiger partial charge in [-0.1, -0.05) is 15.9 Å². The molecule has 0 radical (unpaired) electrons. The Labute approximate surface area is 116 Å². The number of anilines is 1. The zero-order valence-corrected chi connectivity index (χ0v) is 12.4. The van der Waals surface area contributed by atoms with Gasteiger partial charge in [0.25, 0.3) is 0 Å². The van der Waals surface area contributed by atoms with E-state index in [4.69, 9.17) is 11.1 Å². The van der Waals surface area contributed by atoms with E-state index in [0.717, 1.165) is 35.2 Å². The molecule has 3 N–H and O–H groups in total. The first-order valence-corrected chi connectivity index (χ1v) is 6.83. The molecule has 18 heavy (non-hydrogen) atoms. The predicted molar refractivity (Wildman–Crippen MR) is 79.5 cm³/mol. The lowest BCUT2D eigenvalue weighted by Gasteiger charge is -2.24. The number of rotatable bonds is 3. The SMILES string of the molecule is CN(C)C1CCN(c2cc(Br)ccc2C(=N)N)C1. The summed E-state index contributed by atoms with van der Waals surface area (Å²) in [5.74, 6) is 0.130. The van der Waals surface area contributed by atoms with Gasteiger partial charge in [0, 0.05) is 34.9 Å². The topological polar surface area (TPSA) is 56.4 Å². The van der Waals surface area contributed by atoms with E-state index in [9.17, 15) is 0 Å². The zero-order valence-electron chi connectivity index (χ0n) is 10.8. The van der Waals surface area contributed by atoms with Gasteiger partial charge in [-0.15, -0.1) is 0 Å². The maximum atomic E-state index is 7.67. The van der Waals surface area contributed by atoms with Crippen molar-refractivity contribution in [3.8, 4) is 0 Å². The minimum Gasteiger partial charge on any atom is -0.384 e. The smallest absolute Gasteiger partial charge is 0.124 e. The third-order valence-corrected chi connectivity index (χ3v) is 3.98. The molecule has 1 aromatic rings. The number of likely N-dealkylation sites (N-methyl/N-ethyl adjacent to an activating group) is 1. The molecular formula is C13H19BrN4. The molecule has 0 aliphatic carbocycles. The number of nitrogens with two attached hydrogens (primary N) is 1. The van der Waals surface area contributed by atoms with Crippen molar-refractivity contribution in [2.75, 3.05) is 32.1 Å². The average molecular weight is 311 g/mol. The van der Waals surface area contributed by atoms with Crippen LogP contribution in [0.25, 0.3) is 0 Å². The van der Waals surface area contributed by atoms with Gasteiger partial charge in [-0.05, 0) is 38.7 Å². The monoisotopic (exact) mass is 310 g/mol. The fourth-order valence-electron chi connectivity index (χ4n) is 2.38. The van der Waals surface area contributed by atoms with E-state index < -0.39 is 0 Å². The molecule has 1 saturated heterocycles. The van der Waals surface area contributed by atoms with Gasteiger partial charge in [0.15, 0.2) is 0 Å². The third kappa shape index (κ3) is 2.67. The van der Waals surface area contributed by atoms with Crippen LogP contribution in [0.1, 0.15) is 12.0 Å². The van der Waals surface area contributed by atoms with Crippen LogP contribution >= 0.6 is 15.9 Å². The molecule has 1 aliphatic rings. The van der Waals surface area contributed by atoms with Crippen LogP contribution in [0.3, 0.4) is 0 Å². The number of nitrogens with one attached hydrogen (secondary N) is 1. The Balaban J connectivity index is 2.28. The molecule has 4 nitrogen and oxygen atoms in total. The molecule has 1 aromatic carbocycles. The standard InChI is InChI=1S/C13H19BrN4/c1-17(2)10-5-6-18(8-10)12-7-9(14)3-4-11(12)13(15)16/h3-4,7,10H,5-6,8H2,1-2H3,(H3,15,16). The lowest BCUT2D eigenvalue weighted by Crippen LogP contribution is -2.32. The summed E-state index contributed by atoms with van der Waals surface area (Å²) in [6.07, 6.45) is 1.15. The summed E-state index contributed by atoms with van der Waals surface area (Å²) in [5.41, 5.74) is 7.53. The number of nitrogen functional groups attached to an aromatic ring is 1. The fraction of sp³-hybridized carbons (Fsp3) is 0.462. The molecule has 1 unspecified atom stereocenters. The lowest BCUT2D eigenvalue weighted by atomic mass is 10.1. The van der Waals surface area contributed by atoms with Crippen LogP contribution in [-0.2, 0) is 0 Å². The molecule has 1 fully saturated rings. The first-order valence-electron chi connectivity index (χ1n) is 6.04. The molecule has 0 amide bonds. The summed E-state index contributed by atoms with van der Waals surface area (Å²) in [4.78, 5) is 4.57. The van der Waals surface area contributed by atoms with E-state index >= 15 is 0 Å². The molecule has 98 valence electrons. The van der Waals surface area contributed by atoms with Crippen LogP contribution in [-0.4, -0.2) is 44.0 Å². The number of amidine groups is 1. The van der Waals surface area contributed by atoms with Crippen LogP contribution in [0, 0.1) is 5.41 Å². The van der Waals surface area contributed by atoms with Gasteiger partial charge in [-0.25, -0.2) is 0 Å². The Morgan fingerprint density at radius 2 is 2.22 bits per heavy atom. The molecule has 0 saturated carbocycles. The van der Waals surface area contributed by atoms with Crippen LogP contribution < -0.4 is 10.6 Å². The molecule has 2 rings (SSSR count). The number of nitrogens with zero attached hydrogens (tertiary/aromatic N) is 2. The van der Waals surface area contributed by atoms with Crippen LogP contribution in [0.15, 0.2) is 22.7 Å². The van der Waals surface area contributed by atoms with Crippen molar-refractivity contribution in [3.63, 3.8) is 0 Å². The maximum absolute atomic E-state index is 7.67.